The lowest BCUT2D eigenvalue weighted by Gasteiger charge is -2.29. The van der Waals surface area contributed by atoms with Crippen LogP contribution in [-0.2, 0) is 16.1 Å². The number of nitrogens with zero attached hydrogens (tertiary/aromatic N) is 2. The van der Waals surface area contributed by atoms with E-state index in [-0.39, 0.29) is 43.7 Å². The van der Waals surface area contributed by atoms with Crippen molar-refractivity contribution >= 4 is 29.4 Å². The Hall–Kier alpha value is -3.04. The van der Waals surface area contributed by atoms with Gasteiger partial charge in [-0.15, -0.1) is 0 Å². The Labute approximate surface area is 170 Å². The molecule has 1 aromatic rings. The number of likely N-dealkylation sites (tertiary alicyclic amines) is 1. The molecule has 0 bridgehead atoms. The summed E-state index contributed by atoms with van der Waals surface area (Å²) in [6.45, 7) is 0.571. The van der Waals surface area contributed by atoms with Crippen LogP contribution >= 0.6 is 0 Å². The van der Waals surface area contributed by atoms with Crippen LogP contribution in [0.4, 0.5) is 19.3 Å². The number of halogens is 2. The quantitative estimate of drug-likeness (QED) is 0.728. The van der Waals surface area contributed by atoms with Crippen LogP contribution in [0, 0.1) is 11.3 Å². The van der Waals surface area contributed by atoms with Gasteiger partial charge in [0, 0.05) is 37.3 Å². The van der Waals surface area contributed by atoms with E-state index in [1.807, 2.05) is 0 Å². The number of carbonyl (C=O) groups is 4. The molecule has 1 aliphatic carbocycles. The van der Waals surface area contributed by atoms with Crippen LogP contribution in [0.2, 0.25) is 0 Å². The first-order valence-electron chi connectivity index (χ1n) is 9.90. The molecule has 0 spiro atoms. The molecule has 3 heterocycles. The van der Waals surface area contributed by atoms with Crippen molar-refractivity contribution in [2.24, 2.45) is 11.3 Å². The van der Waals surface area contributed by atoms with E-state index in [0.717, 1.165) is 0 Å². The maximum Gasteiger partial charge on any atom is 0.321 e. The number of hydrogen-bond donors (Lipinski definition) is 2. The number of imide groups is 1. The highest BCUT2D eigenvalue weighted by Gasteiger charge is 2.66. The molecule has 3 atom stereocenters. The van der Waals surface area contributed by atoms with E-state index in [0.29, 0.717) is 29.8 Å². The van der Waals surface area contributed by atoms with Crippen molar-refractivity contribution in [3.05, 3.63) is 29.3 Å². The van der Waals surface area contributed by atoms with E-state index < -0.39 is 29.8 Å². The van der Waals surface area contributed by atoms with E-state index in [1.54, 1.807) is 18.2 Å². The number of anilines is 1. The molecule has 30 heavy (non-hydrogen) atoms. The molecule has 4 aliphatic rings. The molecule has 2 N–H and O–H groups in total. The fourth-order valence-electron chi connectivity index (χ4n) is 4.87. The van der Waals surface area contributed by atoms with Gasteiger partial charge in [-0.2, -0.15) is 0 Å². The van der Waals surface area contributed by atoms with Gasteiger partial charge in [-0.25, -0.2) is 13.6 Å². The summed E-state index contributed by atoms with van der Waals surface area (Å²) in [6, 6.07) is 3.69. The number of piperidine rings is 2. The van der Waals surface area contributed by atoms with Gasteiger partial charge in [0.15, 0.2) is 0 Å². The van der Waals surface area contributed by atoms with Gasteiger partial charge < -0.3 is 15.1 Å². The number of urea groups is 1. The number of nitrogens with one attached hydrogen (secondary N) is 2. The Kier molecular flexibility index (Phi) is 4.09. The first-order valence-corrected chi connectivity index (χ1v) is 9.90. The highest BCUT2D eigenvalue weighted by molar-refractivity contribution is 6.05. The minimum Gasteiger partial charge on any atom is -0.323 e. The third-order valence-corrected chi connectivity index (χ3v) is 6.70. The largest absolute Gasteiger partial charge is 0.323 e. The van der Waals surface area contributed by atoms with Crippen LogP contribution in [0.5, 0.6) is 0 Å². The highest BCUT2D eigenvalue weighted by atomic mass is 19.3. The second-order valence-electron chi connectivity index (χ2n) is 8.52. The lowest BCUT2D eigenvalue weighted by Crippen LogP contribution is -2.52. The number of benzene rings is 1. The molecular formula is C20H20F2N4O4. The molecule has 1 saturated carbocycles. The molecular weight excluding hydrogens is 398 g/mol. The zero-order valence-electron chi connectivity index (χ0n) is 16.0. The van der Waals surface area contributed by atoms with E-state index in [1.165, 1.54) is 9.80 Å². The molecule has 0 aromatic heterocycles. The van der Waals surface area contributed by atoms with Crippen molar-refractivity contribution in [3.63, 3.8) is 0 Å². The maximum absolute atomic E-state index is 13.2. The van der Waals surface area contributed by atoms with Gasteiger partial charge in [-0.3, -0.25) is 19.7 Å². The fourth-order valence-corrected chi connectivity index (χ4v) is 4.87. The summed E-state index contributed by atoms with van der Waals surface area (Å²) in [5.74, 6) is -1.26. The zero-order chi connectivity index (χ0) is 21.2. The molecule has 158 valence electrons. The third-order valence-electron chi connectivity index (χ3n) is 6.70. The van der Waals surface area contributed by atoms with Gasteiger partial charge >= 0.3 is 6.03 Å². The van der Waals surface area contributed by atoms with Gasteiger partial charge in [-0.1, -0.05) is 0 Å². The number of alkyl halides is 2. The summed E-state index contributed by atoms with van der Waals surface area (Å²) in [7, 11) is 0. The molecule has 8 nitrogen and oxygen atoms in total. The summed E-state index contributed by atoms with van der Waals surface area (Å²) >= 11 is 0. The monoisotopic (exact) mass is 418 g/mol. The van der Waals surface area contributed by atoms with Crippen molar-refractivity contribution in [2.45, 2.75) is 38.3 Å². The fraction of sp³-hybridized carbons (Fsp3) is 0.500. The summed E-state index contributed by atoms with van der Waals surface area (Å²) in [6.07, 6.45) is -1.51. The number of hydrogen-bond acceptors (Lipinski definition) is 4. The Balaban J connectivity index is 1.26. The minimum absolute atomic E-state index is 0.0495. The zero-order valence-corrected chi connectivity index (χ0v) is 16.0. The summed E-state index contributed by atoms with van der Waals surface area (Å²) in [4.78, 5) is 51.5. The molecule has 0 radical (unpaired) electrons. The second-order valence-corrected chi connectivity index (χ2v) is 8.52. The molecule has 2 saturated heterocycles. The van der Waals surface area contributed by atoms with Crippen molar-refractivity contribution in [1.82, 2.24) is 15.1 Å². The third kappa shape index (κ3) is 2.85. The van der Waals surface area contributed by atoms with E-state index >= 15 is 0 Å². The standard InChI is InChI=1S/C20H20F2N4O4/c21-18(22)20-6-11(20)8-25(9-20)19(30)23-12-1-2-13-10(5-12)7-26(17(13)29)14-3-4-15(27)24-16(14)28/h1-2,5,11,14,18H,3-4,6-9H2,(H,23,30)(H,24,27,28)/t11-,14?,20-/m0/s1. The van der Waals surface area contributed by atoms with Crippen molar-refractivity contribution in [3.8, 4) is 0 Å². The van der Waals surface area contributed by atoms with E-state index in [4.69, 9.17) is 0 Å². The van der Waals surface area contributed by atoms with E-state index in [2.05, 4.69) is 10.6 Å². The molecule has 3 aliphatic heterocycles. The smallest absolute Gasteiger partial charge is 0.321 e. The molecule has 10 heteroatoms. The molecule has 1 aromatic carbocycles. The number of rotatable bonds is 3. The van der Waals surface area contributed by atoms with Crippen molar-refractivity contribution in [2.75, 3.05) is 18.4 Å². The summed E-state index contributed by atoms with van der Waals surface area (Å²) in [5.41, 5.74) is 0.528. The lowest BCUT2D eigenvalue weighted by molar-refractivity contribution is -0.136. The predicted octanol–water partition coefficient (Wildman–Crippen LogP) is 1.57. The predicted molar refractivity (Wildman–Crippen MR) is 99.6 cm³/mol. The molecule has 5 amide bonds. The number of amides is 5. The van der Waals surface area contributed by atoms with Crippen LogP contribution < -0.4 is 10.6 Å². The van der Waals surface area contributed by atoms with Crippen LogP contribution in [0.25, 0.3) is 0 Å². The lowest BCUT2D eigenvalue weighted by atomic mass is 10.0. The SMILES string of the molecule is O=C1CCC(N2Cc3cc(NC(=O)N4C[C@@H]5C[C@]5(C(F)F)C4)ccc3C2=O)C(=O)N1. The van der Waals surface area contributed by atoms with Gasteiger partial charge in [0.05, 0.1) is 5.41 Å². The number of carbonyl (C=O) groups excluding carboxylic acids is 4. The Morgan fingerprint density at radius 2 is 2.07 bits per heavy atom. The second kappa shape index (κ2) is 6.48. The normalized spacial score (nSPS) is 29.8. The highest BCUT2D eigenvalue weighted by Crippen LogP contribution is 2.61. The van der Waals surface area contributed by atoms with Gasteiger partial charge in [-0.05, 0) is 42.5 Å². The summed E-state index contributed by atoms with van der Waals surface area (Å²) < 4.78 is 26.4. The van der Waals surface area contributed by atoms with Crippen LogP contribution in [0.15, 0.2) is 18.2 Å². The van der Waals surface area contributed by atoms with Crippen molar-refractivity contribution < 1.29 is 28.0 Å². The molecule has 1 unspecified atom stereocenters. The first kappa shape index (κ1) is 19.0. The Morgan fingerprint density at radius 1 is 1.27 bits per heavy atom. The average Bonchev–Trinajstić information content (AvgIpc) is 3.12. The van der Waals surface area contributed by atoms with Crippen LogP contribution in [0.3, 0.4) is 0 Å². The Morgan fingerprint density at radius 3 is 2.77 bits per heavy atom. The Bertz CT molecular complexity index is 984. The maximum atomic E-state index is 13.2. The summed E-state index contributed by atoms with van der Waals surface area (Å²) in [5, 5.41) is 4.98. The number of fused-ring (bicyclic) bond motifs is 2. The molecule has 5 rings (SSSR count). The van der Waals surface area contributed by atoms with E-state index in [9.17, 15) is 28.0 Å². The average molecular weight is 418 g/mol. The topological polar surface area (TPSA) is 98.8 Å². The minimum atomic E-state index is -2.43. The van der Waals surface area contributed by atoms with Crippen molar-refractivity contribution in [1.29, 1.82) is 0 Å². The van der Waals surface area contributed by atoms with Crippen LogP contribution in [0.1, 0.15) is 35.2 Å². The molecule has 3 fully saturated rings. The first-order chi connectivity index (χ1) is 14.3. The van der Waals surface area contributed by atoms with Gasteiger partial charge in [0.25, 0.3) is 5.91 Å². The van der Waals surface area contributed by atoms with Gasteiger partial charge in [0.1, 0.15) is 6.04 Å². The van der Waals surface area contributed by atoms with Gasteiger partial charge in [0.2, 0.25) is 18.2 Å². The van der Waals surface area contributed by atoms with Crippen LogP contribution in [-0.4, -0.2) is 59.1 Å².